The number of piperidine rings is 2. The van der Waals surface area contributed by atoms with Gasteiger partial charge in [-0.3, -0.25) is 4.79 Å². The van der Waals surface area contributed by atoms with Crippen LogP contribution in [0.15, 0.2) is 18.2 Å². The largest absolute Gasteiger partial charge is 0.493 e. The van der Waals surface area contributed by atoms with Crippen molar-refractivity contribution in [1.82, 2.24) is 9.80 Å². The van der Waals surface area contributed by atoms with Crippen LogP contribution in [0.3, 0.4) is 0 Å². The van der Waals surface area contributed by atoms with Gasteiger partial charge in [0.1, 0.15) is 5.75 Å². The molecule has 0 radical (unpaired) electrons. The molecule has 3 heterocycles. The van der Waals surface area contributed by atoms with Gasteiger partial charge in [0.25, 0.3) is 0 Å². The highest BCUT2D eigenvalue weighted by Gasteiger charge is 2.34. The molecular weight excluding hydrogens is 312 g/mol. The number of hydrogen-bond acceptors (Lipinski definition) is 3. The van der Waals surface area contributed by atoms with Crippen LogP contribution < -0.4 is 4.74 Å². The lowest BCUT2D eigenvalue weighted by Crippen LogP contribution is -2.51. The van der Waals surface area contributed by atoms with Crippen LogP contribution in [-0.2, 0) is 17.6 Å². The molecule has 136 valence electrons. The third-order valence-corrected chi connectivity index (χ3v) is 6.27. The summed E-state index contributed by atoms with van der Waals surface area (Å²) in [5.74, 6) is 1.88. The van der Waals surface area contributed by atoms with E-state index >= 15 is 0 Å². The Kier molecular flexibility index (Phi) is 4.98. The molecule has 4 rings (SSSR count). The van der Waals surface area contributed by atoms with Gasteiger partial charge in [0.15, 0.2) is 0 Å². The van der Waals surface area contributed by atoms with Gasteiger partial charge in [-0.25, -0.2) is 0 Å². The molecule has 1 amide bonds. The molecule has 0 N–H and O–H groups in total. The standard InChI is InChI=1S/C21H30N2O2/c1-22(15-18-5-4-11-23-10-3-2-6-19(18)23)21(24)14-16-7-8-20-17(13-16)9-12-25-20/h7-8,13,18-19H,2-6,9-12,14-15H2,1H3/t18-,19+/m0/s1. The zero-order chi connectivity index (χ0) is 17.2. The Morgan fingerprint density at radius 3 is 3.04 bits per heavy atom. The van der Waals surface area contributed by atoms with Crippen molar-refractivity contribution < 1.29 is 9.53 Å². The average molecular weight is 342 g/mol. The van der Waals surface area contributed by atoms with Crippen LogP contribution in [0.4, 0.5) is 0 Å². The van der Waals surface area contributed by atoms with Gasteiger partial charge in [-0.2, -0.15) is 0 Å². The fourth-order valence-electron chi connectivity index (χ4n) is 4.90. The summed E-state index contributed by atoms with van der Waals surface area (Å²) in [6.07, 6.45) is 8.05. The van der Waals surface area contributed by atoms with Crippen molar-refractivity contribution in [3.63, 3.8) is 0 Å². The van der Waals surface area contributed by atoms with Crippen LogP contribution in [0.5, 0.6) is 5.75 Å². The molecule has 0 aliphatic carbocycles. The number of likely N-dealkylation sites (N-methyl/N-ethyl adjacent to an activating group) is 1. The minimum atomic E-state index is 0.242. The molecule has 0 spiro atoms. The van der Waals surface area contributed by atoms with E-state index in [0.29, 0.717) is 18.4 Å². The zero-order valence-corrected chi connectivity index (χ0v) is 15.4. The molecule has 4 nitrogen and oxygen atoms in total. The lowest BCUT2D eigenvalue weighted by molar-refractivity contribution is -0.130. The Bertz CT molecular complexity index is 628. The summed E-state index contributed by atoms with van der Waals surface area (Å²) >= 11 is 0. The molecule has 4 heteroatoms. The van der Waals surface area contributed by atoms with E-state index in [1.165, 1.54) is 50.8 Å². The Hall–Kier alpha value is -1.55. The van der Waals surface area contributed by atoms with Crippen LogP contribution in [0.25, 0.3) is 0 Å². The van der Waals surface area contributed by atoms with Crippen molar-refractivity contribution in [3.8, 4) is 5.75 Å². The minimum absolute atomic E-state index is 0.242. The smallest absolute Gasteiger partial charge is 0.226 e. The molecule has 3 aliphatic heterocycles. The van der Waals surface area contributed by atoms with E-state index in [0.717, 1.165) is 30.9 Å². The van der Waals surface area contributed by atoms with Crippen molar-refractivity contribution in [1.29, 1.82) is 0 Å². The highest BCUT2D eigenvalue weighted by molar-refractivity contribution is 5.78. The maximum absolute atomic E-state index is 12.7. The Morgan fingerprint density at radius 1 is 1.24 bits per heavy atom. The first-order valence-electron chi connectivity index (χ1n) is 9.93. The highest BCUT2D eigenvalue weighted by atomic mass is 16.5. The first kappa shape index (κ1) is 16.9. The molecule has 2 saturated heterocycles. The molecule has 1 aromatic rings. The highest BCUT2D eigenvalue weighted by Crippen LogP contribution is 2.31. The fraction of sp³-hybridized carbons (Fsp3) is 0.667. The number of rotatable bonds is 4. The van der Waals surface area contributed by atoms with Crippen LogP contribution in [-0.4, -0.2) is 55.0 Å². The van der Waals surface area contributed by atoms with Gasteiger partial charge >= 0.3 is 0 Å². The van der Waals surface area contributed by atoms with Crippen molar-refractivity contribution in [2.24, 2.45) is 5.92 Å². The van der Waals surface area contributed by atoms with E-state index in [1.807, 2.05) is 24.1 Å². The van der Waals surface area contributed by atoms with E-state index in [2.05, 4.69) is 11.0 Å². The number of carbonyl (C=O) groups is 1. The molecule has 2 atom stereocenters. The lowest BCUT2D eigenvalue weighted by atomic mass is 9.83. The molecular formula is C21H30N2O2. The van der Waals surface area contributed by atoms with Crippen LogP contribution in [0.1, 0.15) is 43.2 Å². The third-order valence-electron chi connectivity index (χ3n) is 6.27. The normalized spacial score (nSPS) is 25.8. The minimum Gasteiger partial charge on any atom is -0.493 e. The SMILES string of the molecule is CN(C[C@@H]1CCCN2CCCC[C@H]12)C(=O)Cc1ccc2c(c1)CCO2. The van der Waals surface area contributed by atoms with Crippen molar-refractivity contribution >= 4 is 5.91 Å². The summed E-state index contributed by atoms with van der Waals surface area (Å²) in [7, 11) is 1.99. The number of nitrogens with zero attached hydrogens (tertiary/aromatic N) is 2. The van der Waals surface area contributed by atoms with Gasteiger partial charge in [-0.15, -0.1) is 0 Å². The summed E-state index contributed by atoms with van der Waals surface area (Å²) in [4.78, 5) is 17.4. The molecule has 1 aromatic carbocycles. The number of carbonyl (C=O) groups excluding carboxylic acids is 1. The van der Waals surface area contributed by atoms with Gasteiger partial charge in [-0.1, -0.05) is 18.6 Å². The summed E-state index contributed by atoms with van der Waals surface area (Å²) in [5, 5.41) is 0. The molecule has 0 aromatic heterocycles. The Balaban J connectivity index is 1.35. The predicted octanol–water partition coefficient (Wildman–Crippen LogP) is 2.89. The molecule has 25 heavy (non-hydrogen) atoms. The lowest BCUT2D eigenvalue weighted by Gasteiger charge is -2.45. The summed E-state index contributed by atoms with van der Waals surface area (Å²) in [6.45, 7) is 4.20. The second-order valence-corrected chi connectivity index (χ2v) is 7.99. The van der Waals surface area contributed by atoms with Gasteiger partial charge in [0.05, 0.1) is 13.0 Å². The van der Waals surface area contributed by atoms with Gasteiger partial charge in [-0.05, 0) is 61.9 Å². The Morgan fingerprint density at radius 2 is 2.12 bits per heavy atom. The van der Waals surface area contributed by atoms with Gasteiger partial charge in [0, 0.05) is 26.1 Å². The topological polar surface area (TPSA) is 32.8 Å². The zero-order valence-electron chi connectivity index (χ0n) is 15.4. The second-order valence-electron chi connectivity index (χ2n) is 7.99. The molecule has 2 fully saturated rings. The number of fused-ring (bicyclic) bond motifs is 2. The summed E-state index contributed by atoms with van der Waals surface area (Å²) < 4.78 is 5.56. The van der Waals surface area contributed by atoms with Crippen LogP contribution >= 0.6 is 0 Å². The second kappa shape index (κ2) is 7.36. The summed E-state index contributed by atoms with van der Waals surface area (Å²) in [6, 6.07) is 6.91. The predicted molar refractivity (Wildman–Crippen MR) is 98.9 cm³/mol. The molecule has 0 unspecified atom stereocenters. The average Bonchev–Trinajstić information content (AvgIpc) is 3.10. The molecule has 0 saturated carbocycles. The van der Waals surface area contributed by atoms with Gasteiger partial charge < -0.3 is 14.5 Å². The molecule has 3 aliphatic rings. The van der Waals surface area contributed by atoms with Crippen LogP contribution in [0, 0.1) is 5.92 Å². The van der Waals surface area contributed by atoms with E-state index in [9.17, 15) is 4.79 Å². The van der Waals surface area contributed by atoms with E-state index in [-0.39, 0.29) is 5.91 Å². The maximum atomic E-state index is 12.7. The fourth-order valence-corrected chi connectivity index (χ4v) is 4.90. The van der Waals surface area contributed by atoms with Crippen LogP contribution in [0.2, 0.25) is 0 Å². The van der Waals surface area contributed by atoms with E-state index in [4.69, 9.17) is 4.74 Å². The number of hydrogen-bond donors (Lipinski definition) is 0. The third kappa shape index (κ3) is 3.69. The Labute approximate surface area is 151 Å². The number of ether oxygens (including phenoxy) is 1. The number of benzene rings is 1. The van der Waals surface area contributed by atoms with Crippen molar-refractivity contribution in [2.45, 2.75) is 51.0 Å². The monoisotopic (exact) mass is 342 g/mol. The first-order chi connectivity index (χ1) is 12.2. The summed E-state index contributed by atoms with van der Waals surface area (Å²) in [5.41, 5.74) is 2.36. The number of amides is 1. The van der Waals surface area contributed by atoms with Gasteiger partial charge in [0.2, 0.25) is 5.91 Å². The molecule has 0 bridgehead atoms. The van der Waals surface area contributed by atoms with Crippen molar-refractivity contribution in [2.75, 3.05) is 33.3 Å². The maximum Gasteiger partial charge on any atom is 0.226 e. The quantitative estimate of drug-likeness (QED) is 0.843. The van der Waals surface area contributed by atoms with E-state index in [1.54, 1.807) is 0 Å². The first-order valence-corrected chi connectivity index (χ1v) is 9.93. The van der Waals surface area contributed by atoms with E-state index < -0.39 is 0 Å². The van der Waals surface area contributed by atoms with Crippen molar-refractivity contribution in [3.05, 3.63) is 29.3 Å².